The van der Waals surface area contributed by atoms with Crippen LogP contribution in [-0.4, -0.2) is 45.7 Å². The molecular weight excluding hydrogens is 419 g/mol. The molecule has 156 valence electrons. The standard InChI is InChI=1S/C20H22ClFN2O4S/c21-17-2-1-3-18(22)16(17)13-24-8-6-14(7-9-24)23-29(25,26)15-4-5-19-20(12-15)28-11-10-27-19/h1-5,12,14,23H,6-11,13H2. The van der Waals surface area contributed by atoms with Crippen LogP contribution in [0.4, 0.5) is 4.39 Å². The first kappa shape index (κ1) is 20.4. The quantitative estimate of drug-likeness (QED) is 0.773. The first-order chi connectivity index (χ1) is 13.9. The Kier molecular flexibility index (Phi) is 5.96. The molecule has 2 aromatic carbocycles. The van der Waals surface area contributed by atoms with Gasteiger partial charge in [0.25, 0.3) is 0 Å². The molecule has 2 aromatic rings. The minimum atomic E-state index is -3.67. The van der Waals surface area contributed by atoms with E-state index < -0.39 is 10.0 Å². The first-order valence-electron chi connectivity index (χ1n) is 9.49. The molecule has 0 bridgehead atoms. The average molecular weight is 441 g/mol. The zero-order valence-electron chi connectivity index (χ0n) is 15.7. The van der Waals surface area contributed by atoms with Crippen molar-refractivity contribution in [1.29, 1.82) is 0 Å². The predicted molar refractivity (Wildman–Crippen MR) is 107 cm³/mol. The van der Waals surface area contributed by atoms with E-state index in [0.29, 0.717) is 67.8 Å². The molecular formula is C20H22ClFN2O4S. The van der Waals surface area contributed by atoms with Crippen LogP contribution in [0.25, 0.3) is 0 Å². The maximum atomic E-state index is 14.0. The van der Waals surface area contributed by atoms with E-state index in [2.05, 4.69) is 9.62 Å². The van der Waals surface area contributed by atoms with Gasteiger partial charge in [0.15, 0.2) is 11.5 Å². The summed E-state index contributed by atoms with van der Waals surface area (Å²) in [6, 6.07) is 9.10. The fourth-order valence-electron chi connectivity index (χ4n) is 3.59. The van der Waals surface area contributed by atoms with Crippen LogP contribution in [0.1, 0.15) is 18.4 Å². The summed E-state index contributed by atoms with van der Waals surface area (Å²) in [5, 5.41) is 0.409. The van der Waals surface area contributed by atoms with E-state index in [1.54, 1.807) is 18.2 Å². The van der Waals surface area contributed by atoms with E-state index in [9.17, 15) is 12.8 Å². The lowest BCUT2D eigenvalue weighted by atomic mass is 10.1. The molecule has 4 rings (SSSR count). The molecule has 0 aromatic heterocycles. The highest BCUT2D eigenvalue weighted by molar-refractivity contribution is 7.89. The Bertz CT molecular complexity index is 974. The molecule has 29 heavy (non-hydrogen) atoms. The van der Waals surface area contributed by atoms with Gasteiger partial charge in [-0.05, 0) is 37.1 Å². The number of likely N-dealkylation sites (tertiary alicyclic amines) is 1. The summed E-state index contributed by atoms with van der Waals surface area (Å²) >= 11 is 6.11. The Balaban J connectivity index is 1.36. The number of ether oxygens (including phenoxy) is 2. The van der Waals surface area contributed by atoms with Gasteiger partial charge < -0.3 is 9.47 Å². The summed E-state index contributed by atoms with van der Waals surface area (Å²) in [6.45, 7) is 2.56. The van der Waals surface area contributed by atoms with Gasteiger partial charge in [0.2, 0.25) is 10.0 Å². The molecule has 0 saturated carbocycles. The van der Waals surface area contributed by atoms with E-state index in [-0.39, 0.29) is 16.8 Å². The topological polar surface area (TPSA) is 67.9 Å². The van der Waals surface area contributed by atoms with Crippen LogP contribution in [-0.2, 0) is 16.6 Å². The zero-order chi connectivity index (χ0) is 20.4. The Hall–Kier alpha value is -1.87. The van der Waals surface area contributed by atoms with E-state index >= 15 is 0 Å². The molecule has 2 aliphatic heterocycles. The Morgan fingerprint density at radius 2 is 1.83 bits per heavy atom. The lowest BCUT2D eigenvalue weighted by Gasteiger charge is -2.32. The van der Waals surface area contributed by atoms with Crippen molar-refractivity contribution < 1.29 is 22.3 Å². The number of piperidine rings is 1. The van der Waals surface area contributed by atoms with Gasteiger partial charge >= 0.3 is 0 Å². The molecule has 6 nitrogen and oxygen atoms in total. The van der Waals surface area contributed by atoms with Gasteiger partial charge in [-0.15, -0.1) is 0 Å². The molecule has 0 spiro atoms. The van der Waals surface area contributed by atoms with Crippen molar-refractivity contribution >= 4 is 21.6 Å². The van der Waals surface area contributed by atoms with Gasteiger partial charge in [-0.25, -0.2) is 17.5 Å². The van der Waals surface area contributed by atoms with Gasteiger partial charge in [0.05, 0.1) is 4.90 Å². The van der Waals surface area contributed by atoms with E-state index in [1.165, 1.54) is 18.2 Å². The highest BCUT2D eigenvalue weighted by atomic mass is 35.5. The number of halogens is 2. The van der Waals surface area contributed by atoms with Crippen molar-refractivity contribution in [2.45, 2.75) is 30.3 Å². The monoisotopic (exact) mass is 440 g/mol. The van der Waals surface area contributed by atoms with Crippen molar-refractivity contribution in [3.05, 3.63) is 52.8 Å². The Labute approximate surface area is 174 Å². The molecule has 0 radical (unpaired) electrons. The third kappa shape index (κ3) is 4.66. The minimum absolute atomic E-state index is 0.155. The molecule has 2 heterocycles. The predicted octanol–water partition coefficient (Wildman–Crippen LogP) is 3.19. The number of fused-ring (bicyclic) bond motifs is 1. The van der Waals surface area contributed by atoms with Gasteiger partial charge in [0, 0.05) is 42.3 Å². The van der Waals surface area contributed by atoms with Crippen LogP contribution in [0.2, 0.25) is 5.02 Å². The zero-order valence-corrected chi connectivity index (χ0v) is 17.3. The smallest absolute Gasteiger partial charge is 0.240 e. The molecule has 1 N–H and O–H groups in total. The molecule has 1 fully saturated rings. The van der Waals surface area contributed by atoms with Gasteiger partial charge in [-0.1, -0.05) is 17.7 Å². The lowest BCUT2D eigenvalue weighted by molar-refractivity contribution is 0.171. The second-order valence-electron chi connectivity index (χ2n) is 7.18. The Morgan fingerprint density at radius 1 is 1.10 bits per heavy atom. The fourth-order valence-corrected chi connectivity index (χ4v) is 5.14. The third-order valence-electron chi connectivity index (χ3n) is 5.18. The second kappa shape index (κ2) is 8.47. The van der Waals surface area contributed by atoms with Crippen LogP contribution in [0.15, 0.2) is 41.3 Å². The maximum Gasteiger partial charge on any atom is 0.240 e. The molecule has 0 atom stereocenters. The van der Waals surface area contributed by atoms with Crippen molar-refractivity contribution in [1.82, 2.24) is 9.62 Å². The number of sulfonamides is 1. The normalized spacial score (nSPS) is 18.0. The Morgan fingerprint density at radius 3 is 2.55 bits per heavy atom. The molecule has 9 heteroatoms. The summed E-state index contributed by atoms with van der Waals surface area (Å²) < 4.78 is 53.2. The van der Waals surface area contributed by atoms with Crippen LogP contribution in [0.3, 0.4) is 0 Å². The summed E-state index contributed by atoms with van der Waals surface area (Å²) in [6.07, 6.45) is 1.27. The van der Waals surface area contributed by atoms with E-state index in [1.807, 2.05) is 0 Å². The number of nitrogens with one attached hydrogen (secondary N) is 1. The SMILES string of the molecule is O=S(=O)(NC1CCN(Cc2c(F)cccc2Cl)CC1)c1ccc2c(c1)OCCO2. The second-order valence-corrected chi connectivity index (χ2v) is 9.30. The summed E-state index contributed by atoms with van der Waals surface area (Å²) in [4.78, 5) is 2.24. The van der Waals surface area contributed by atoms with Crippen LogP contribution in [0, 0.1) is 5.82 Å². The molecule has 0 unspecified atom stereocenters. The van der Waals surface area contributed by atoms with Crippen molar-refractivity contribution in [2.24, 2.45) is 0 Å². The summed E-state index contributed by atoms with van der Waals surface area (Å²) in [7, 11) is -3.67. The summed E-state index contributed by atoms with van der Waals surface area (Å²) in [5.74, 6) is 0.671. The van der Waals surface area contributed by atoms with Crippen molar-refractivity contribution in [3.8, 4) is 11.5 Å². The maximum absolute atomic E-state index is 14.0. The number of nitrogens with zero attached hydrogens (tertiary/aromatic N) is 1. The highest BCUT2D eigenvalue weighted by Gasteiger charge is 2.26. The third-order valence-corrected chi connectivity index (χ3v) is 7.05. The number of hydrogen-bond acceptors (Lipinski definition) is 5. The van der Waals surface area contributed by atoms with Crippen LogP contribution < -0.4 is 14.2 Å². The lowest BCUT2D eigenvalue weighted by Crippen LogP contribution is -2.44. The average Bonchev–Trinajstić information content (AvgIpc) is 2.71. The van der Waals surface area contributed by atoms with Crippen molar-refractivity contribution in [3.63, 3.8) is 0 Å². The minimum Gasteiger partial charge on any atom is -0.486 e. The molecule has 1 saturated heterocycles. The van der Waals surface area contributed by atoms with Crippen molar-refractivity contribution in [2.75, 3.05) is 26.3 Å². The molecule has 2 aliphatic rings. The van der Waals surface area contributed by atoms with Gasteiger partial charge in [-0.2, -0.15) is 0 Å². The number of hydrogen-bond donors (Lipinski definition) is 1. The van der Waals surface area contributed by atoms with Gasteiger partial charge in [0.1, 0.15) is 19.0 Å². The van der Waals surface area contributed by atoms with E-state index in [0.717, 1.165) is 0 Å². The van der Waals surface area contributed by atoms with Crippen LogP contribution in [0.5, 0.6) is 11.5 Å². The summed E-state index contributed by atoms with van der Waals surface area (Å²) in [5.41, 5.74) is 0.476. The highest BCUT2D eigenvalue weighted by Crippen LogP contribution is 2.32. The largest absolute Gasteiger partial charge is 0.486 e. The number of rotatable bonds is 5. The number of benzene rings is 2. The van der Waals surface area contributed by atoms with Crippen LogP contribution >= 0.6 is 11.6 Å². The van der Waals surface area contributed by atoms with E-state index in [4.69, 9.17) is 21.1 Å². The molecule has 0 aliphatic carbocycles. The fraction of sp³-hybridized carbons (Fsp3) is 0.400. The van der Waals surface area contributed by atoms with Gasteiger partial charge in [-0.3, -0.25) is 4.90 Å². The first-order valence-corrected chi connectivity index (χ1v) is 11.4. The molecule has 0 amide bonds.